The summed E-state index contributed by atoms with van der Waals surface area (Å²) in [7, 11) is 0. The summed E-state index contributed by atoms with van der Waals surface area (Å²) in [5, 5.41) is 2.14. The highest BCUT2D eigenvalue weighted by atomic mass is 35.5. The second-order valence-electron chi connectivity index (χ2n) is 5.41. The van der Waals surface area contributed by atoms with Gasteiger partial charge >= 0.3 is 0 Å². The first-order chi connectivity index (χ1) is 10.1. The van der Waals surface area contributed by atoms with Gasteiger partial charge in [-0.2, -0.15) is 0 Å². The minimum atomic E-state index is 0.445. The Bertz CT molecular complexity index is 853. The summed E-state index contributed by atoms with van der Waals surface area (Å²) in [5.74, 6) is 1.97. The van der Waals surface area contributed by atoms with Gasteiger partial charge < -0.3 is 4.42 Å². The lowest BCUT2D eigenvalue weighted by molar-refractivity contribution is 0.626. The summed E-state index contributed by atoms with van der Waals surface area (Å²) < 4.78 is 5.89. The van der Waals surface area contributed by atoms with Gasteiger partial charge in [-0.25, -0.2) is 9.97 Å². The Labute approximate surface area is 131 Å². The smallest absolute Gasteiger partial charge is 0.154 e. The number of aromatic nitrogens is 2. The first kappa shape index (κ1) is 13.1. The van der Waals surface area contributed by atoms with Crippen molar-refractivity contribution in [2.45, 2.75) is 25.7 Å². The van der Waals surface area contributed by atoms with Gasteiger partial charge in [-0.3, -0.25) is 0 Å². The first-order valence-corrected chi connectivity index (χ1v) is 7.61. The average Bonchev–Trinajstić information content (AvgIpc) is 3.22. The van der Waals surface area contributed by atoms with Crippen LogP contribution in [-0.4, -0.2) is 9.97 Å². The fourth-order valence-corrected chi connectivity index (χ4v) is 2.76. The Balaban J connectivity index is 1.90. The number of nitrogens with zero attached hydrogens (tertiary/aromatic N) is 2. The molecular weight excluding hydrogens is 307 g/mol. The van der Waals surface area contributed by atoms with E-state index in [1.54, 1.807) is 0 Å². The minimum Gasteiger partial charge on any atom is -0.454 e. The maximum Gasteiger partial charge on any atom is 0.154 e. The molecule has 0 saturated heterocycles. The second kappa shape index (κ2) is 4.72. The van der Waals surface area contributed by atoms with E-state index in [4.69, 9.17) is 27.6 Å². The van der Waals surface area contributed by atoms with Crippen LogP contribution < -0.4 is 0 Å². The van der Waals surface area contributed by atoms with Crippen LogP contribution in [0.2, 0.25) is 10.2 Å². The fraction of sp³-hybridized carbons (Fsp3) is 0.250. The zero-order valence-corrected chi connectivity index (χ0v) is 12.9. The zero-order chi connectivity index (χ0) is 14.6. The molecule has 21 heavy (non-hydrogen) atoms. The summed E-state index contributed by atoms with van der Waals surface area (Å²) in [5.41, 5.74) is 2.40. The van der Waals surface area contributed by atoms with Crippen LogP contribution in [0, 0.1) is 6.92 Å². The number of benzene rings is 1. The molecule has 0 N–H and O–H groups in total. The van der Waals surface area contributed by atoms with E-state index in [0.29, 0.717) is 21.9 Å². The van der Waals surface area contributed by atoms with E-state index in [-0.39, 0.29) is 0 Å². The second-order valence-corrected chi connectivity index (χ2v) is 6.21. The normalized spacial score (nSPS) is 14.8. The van der Waals surface area contributed by atoms with Crippen LogP contribution in [0.25, 0.3) is 22.4 Å². The van der Waals surface area contributed by atoms with E-state index in [1.807, 2.05) is 31.2 Å². The van der Waals surface area contributed by atoms with E-state index in [1.165, 1.54) is 0 Å². The lowest BCUT2D eigenvalue weighted by Gasteiger charge is -2.06. The van der Waals surface area contributed by atoms with E-state index < -0.39 is 0 Å². The Morgan fingerprint density at radius 2 is 1.95 bits per heavy atom. The van der Waals surface area contributed by atoms with E-state index >= 15 is 0 Å². The highest BCUT2D eigenvalue weighted by molar-refractivity contribution is 6.31. The number of furan rings is 1. The number of halogens is 2. The molecule has 1 aliphatic carbocycles. The van der Waals surface area contributed by atoms with Gasteiger partial charge in [0, 0.05) is 21.9 Å². The number of hydrogen-bond acceptors (Lipinski definition) is 3. The summed E-state index contributed by atoms with van der Waals surface area (Å²) in [6.45, 7) is 1.91. The SMILES string of the molecule is Cc1c(Cl)nc(C2CC2)nc1-c1cc2cc(Cl)ccc2o1. The first-order valence-electron chi connectivity index (χ1n) is 6.85. The number of fused-ring (bicyclic) bond motifs is 1. The van der Waals surface area contributed by atoms with E-state index in [9.17, 15) is 0 Å². The van der Waals surface area contributed by atoms with Crippen LogP contribution >= 0.6 is 23.2 Å². The molecule has 1 aromatic carbocycles. The summed E-state index contributed by atoms with van der Waals surface area (Å²) in [6, 6.07) is 7.50. The third-order valence-corrected chi connectivity index (χ3v) is 4.36. The Kier molecular flexibility index (Phi) is 2.95. The third-order valence-electron chi connectivity index (χ3n) is 3.76. The maximum absolute atomic E-state index is 6.25. The minimum absolute atomic E-state index is 0.445. The summed E-state index contributed by atoms with van der Waals surface area (Å²) in [4.78, 5) is 9.04. The molecule has 1 fully saturated rings. The molecular formula is C16H12Cl2N2O. The highest BCUT2D eigenvalue weighted by Gasteiger charge is 2.28. The molecule has 3 nitrogen and oxygen atoms in total. The molecule has 0 bridgehead atoms. The molecule has 0 radical (unpaired) electrons. The van der Waals surface area contributed by atoms with Crippen LogP contribution in [0.15, 0.2) is 28.7 Å². The number of rotatable bonds is 2. The average molecular weight is 319 g/mol. The third kappa shape index (κ3) is 2.30. The standard InChI is InChI=1S/C16H12Cl2N2O/c1-8-14(19-16(9-2-3-9)20-15(8)18)13-7-10-6-11(17)4-5-12(10)21-13/h4-7,9H,2-3H2,1H3. The molecule has 4 rings (SSSR count). The molecule has 1 saturated carbocycles. The van der Waals surface area contributed by atoms with Gasteiger partial charge in [-0.15, -0.1) is 0 Å². The van der Waals surface area contributed by atoms with Crippen molar-refractivity contribution >= 4 is 34.2 Å². The van der Waals surface area contributed by atoms with Crippen molar-refractivity contribution in [2.24, 2.45) is 0 Å². The zero-order valence-electron chi connectivity index (χ0n) is 11.4. The van der Waals surface area contributed by atoms with Crippen LogP contribution in [0.1, 0.15) is 30.1 Å². The van der Waals surface area contributed by atoms with Crippen molar-refractivity contribution in [3.05, 3.63) is 45.8 Å². The van der Waals surface area contributed by atoms with Gasteiger partial charge in [-0.05, 0) is 44.0 Å². The van der Waals surface area contributed by atoms with Crippen molar-refractivity contribution in [3.63, 3.8) is 0 Å². The molecule has 0 aliphatic heterocycles. The quantitative estimate of drug-likeness (QED) is 0.595. The lowest BCUT2D eigenvalue weighted by atomic mass is 10.2. The Morgan fingerprint density at radius 3 is 2.71 bits per heavy atom. The molecule has 2 heterocycles. The maximum atomic E-state index is 6.25. The van der Waals surface area contributed by atoms with Crippen molar-refractivity contribution < 1.29 is 4.42 Å². The largest absolute Gasteiger partial charge is 0.454 e. The predicted molar refractivity (Wildman–Crippen MR) is 84.0 cm³/mol. The molecule has 3 aromatic rings. The predicted octanol–water partition coefficient (Wildman–Crippen LogP) is 5.38. The van der Waals surface area contributed by atoms with Gasteiger partial charge in [0.15, 0.2) is 5.76 Å². The summed E-state index contributed by atoms with van der Waals surface area (Å²) >= 11 is 12.3. The molecule has 0 unspecified atom stereocenters. The van der Waals surface area contributed by atoms with Crippen LogP contribution in [-0.2, 0) is 0 Å². The van der Waals surface area contributed by atoms with Gasteiger partial charge in [0.05, 0.1) is 0 Å². The molecule has 1 aliphatic rings. The lowest BCUT2D eigenvalue weighted by Crippen LogP contribution is -1.98. The topological polar surface area (TPSA) is 38.9 Å². The van der Waals surface area contributed by atoms with Crippen molar-refractivity contribution in [3.8, 4) is 11.5 Å². The fourth-order valence-electron chi connectivity index (χ4n) is 2.40. The monoisotopic (exact) mass is 318 g/mol. The van der Waals surface area contributed by atoms with Gasteiger partial charge in [0.1, 0.15) is 22.3 Å². The van der Waals surface area contributed by atoms with Gasteiger partial charge in [-0.1, -0.05) is 23.2 Å². The van der Waals surface area contributed by atoms with Crippen LogP contribution in [0.5, 0.6) is 0 Å². The van der Waals surface area contributed by atoms with Gasteiger partial charge in [0.2, 0.25) is 0 Å². The van der Waals surface area contributed by atoms with Gasteiger partial charge in [0.25, 0.3) is 0 Å². The Hall–Kier alpha value is -1.58. The molecule has 0 spiro atoms. The number of hydrogen-bond donors (Lipinski definition) is 0. The van der Waals surface area contributed by atoms with Crippen molar-refractivity contribution in [1.82, 2.24) is 9.97 Å². The molecule has 0 atom stereocenters. The highest BCUT2D eigenvalue weighted by Crippen LogP contribution is 2.40. The summed E-state index contributed by atoms with van der Waals surface area (Å²) in [6.07, 6.45) is 2.27. The van der Waals surface area contributed by atoms with E-state index in [2.05, 4.69) is 9.97 Å². The molecule has 106 valence electrons. The van der Waals surface area contributed by atoms with E-state index in [0.717, 1.165) is 40.9 Å². The van der Waals surface area contributed by atoms with Crippen molar-refractivity contribution in [2.75, 3.05) is 0 Å². The Morgan fingerprint density at radius 1 is 1.14 bits per heavy atom. The van der Waals surface area contributed by atoms with Crippen LogP contribution in [0.4, 0.5) is 0 Å². The van der Waals surface area contributed by atoms with Crippen molar-refractivity contribution in [1.29, 1.82) is 0 Å². The molecule has 5 heteroatoms. The van der Waals surface area contributed by atoms with Crippen LogP contribution in [0.3, 0.4) is 0 Å². The molecule has 0 amide bonds. The molecule has 2 aromatic heterocycles.